The van der Waals surface area contributed by atoms with E-state index < -0.39 is 11.9 Å². The lowest BCUT2D eigenvalue weighted by Gasteiger charge is -2.29. The molecule has 8 nitrogen and oxygen atoms in total. The van der Waals surface area contributed by atoms with Crippen molar-refractivity contribution >= 4 is 17.7 Å². The number of benzene rings is 1. The van der Waals surface area contributed by atoms with Crippen LogP contribution in [0.5, 0.6) is 0 Å². The monoisotopic (exact) mass is 408 g/mol. The van der Waals surface area contributed by atoms with E-state index in [1.54, 1.807) is 7.11 Å². The van der Waals surface area contributed by atoms with Crippen LogP contribution in [0.2, 0.25) is 0 Å². The predicted molar refractivity (Wildman–Crippen MR) is 110 cm³/mol. The van der Waals surface area contributed by atoms with E-state index in [4.69, 9.17) is 29.4 Å². The van der Waals surface area contributed by atoms with Gasteiger partial charge in [0.2, 0.25) is 0 Å². The van der Waals surface area contributed by atoms with Gasteiger partial charge in [-0.2, -0.15) is 0 Å². The third kappa shape index (κ3) is 10.0. The van der Waals surface area contributed by atoms with Crippen LogP contribution >= 0.6 is 0 Å². The number of carboxylic acid groups (broad SMARTS) is 2. The highest BCUT2D eigenvalue weighted by Crippen LogP contribution is 2.15. The average Bonchev–Trinajstić information content (AvgIpc) is 2.71. The zero-order valence-electron chi connectivity index (χ0n) is 17.5. The van der Waals surface area contributed by atoms with Crippen molar-refractivity contribution in [3.8, 4) is 0 Å². The molecule has 1 aliphatic heterocycles. The minimum atomic E-state index is -1.82. The maximum Gasteiger partial charge on any atom is 0.414 e. The molecular formula is C21H32N2O6. The van der Waals surface area contributed by atoms with Crippen molar-refractivity contribution in [1.29, 1.82) is 0 Å². The summed E-state index contributed by atoms with van der Waals surface area (Å²) in [5.41, 5.74) is 3.29. The molecule has 8 heteroatoms. The highest BCUT2D eigenvalue weighted by atomic mass is 16.6. The average molecular weight is 408 g/mol. The second-order valence-corrected chi connectivity index (χ2v) is 6.96. The van der Waals surface area contributed by atoms with E-state index in [0.29, 0.717) is 6.61 Å². The Morgan fingerprint density at radius 2 is 1.72 bits per heavy atom. The van der Waals surface area contributed by atoms with E-state index in [-0.39, 0.29) is 0 Å². The van der Waals surface area contributed by atoms with Crippen LogP contribution in [-0.2, 0) is 25.8 Å². The molecule has 1 aliphatic rings. The molecule has 0 atom stereocenters. The minimum absolute atomic E-state index is 0.674. The van der Waals surface area contributed by atoms with Crippen molar-refractivity contribution < 1.29 is 29.4 Å². The summed E-state index contributed by atoms with van der Waals surface area (Å²) in [6.07, 6.45) is 3.51. The van der Waals surface area contributed by atoms with Crippen LogP contribution in [0.3, 0.4) is 0 Å². The molecule has 0 aromatic heterocycles. The van der Waals surface area contributed by atoms with Crippen LogP contribution in [0.1, 0.15) is 44.2 Å². The van der Waals surface area contributed by atoms with Gasteiger partial charge in [0.15, 0.2) is 0 Å². The molecule has 1 aromatic carbocycles. The highest BCUT2D eigenvalue weighted by Gasteiger charge is 2.14. The third-order valence-electron chi connectivity index (χ3n) is 4.70. The molecule has 0 aliphatic carbocycles. The zero-order valence-corrected chi connectivity index (χ0v) is 17.5. The molecule has 1 saturated heterocycles. The number of ether oxygens (including phenoxy) is 1. The molecule has 0 spiro atoms. The Labute approximate surface area is 172 Å². The van der Waals surface area contributed by atoms with Crippen molar-refractivity contribution in [2.75, 3.05) is 33.4 Å². The Hall–Kier alpha value is -2.45. The molecule has 0 radical (unpaired) electrons. The Balaban J connectivity index is 0.000000612. The second kappa shape index (κ2) is 13.7. The Bertz CT molecular complexity index is 640. The van der Waals surface area contributed by atoms with Gasteiger partial charge >= 0.3 is 11.9 Å². The molecule has 2 rings (SSSR count). The van der Waals surface area contributed by atoms with E-state index in [2.05, 4.69) is 48.2 Å². The molecule has 0 amide bonds. The lowest BCUT2D eigenvalue weighted by molar-refractivity contribution is -0.159. The van der Waals surface area contributed by atoms with Gasteiger partial charge < -0.3 is 24.7 Å². The summed E-state index contributed by atoms with van der Waals surface area (Å²) in [6.45, 7) is 9.39. The molecule has 1 heterocycles. The lowest BCUT2D eigenvalue weighted by atomic mass is 9.99. The summed E-state index contributed by atoms with van der Waals surface area (Å²) in [5, 5.41) is 18.8. The Kier molecular flexibility index (Phi) is 11.6. The largest absolute Gasteiger partial charge is 0.473 e. The van der Waals surface area contributed by atoms with Crippen molar-refractivity contribution in [3.63, 3.8) is 0 Å². The molecule has 29 heavy (non-hydrogen) atoms. The van der Waals surface area contributed by atoms with E-state index in [9.17, 15) is 0 Å². The Morgan fingerprint density at radius 3 is 2.21 bits per heavy atom. The van der Waals surface area contributed by atoms with Crippen LogP contribution < -0.4 is 0 Å². The molecular weight excluding hydrogens is 376 g/mol. The van der Waals surface area contributed by atoms with Gasteiger partial charge in [-0.3, -0.25) is 0 Å². The molecule has 0 saturated carbocycles. The van der Waals surface area contributed by atoms with Crippen molar-refractivity contribution in [2.24, 2.45) is 11.1 Å². The fraction of sp³-hybridized carbons (Fsp3) is 0.571. The fourth-order valence-corrected chi connectivity index (χ4v) is 2.89. The molecule has 162 valence electrons. The van der Waals surface area contributed by atoms with Crippen molar-refractivity contribution in [3.05, 3.63) is 35.4 Å². The van der Waals surface area contributed by atoms with E-state index >= 15 is 0 Å². The number of hydrogen-bond acceptors (Lipinski definition) is 6. The van der Waals surface area contributed by atoms with Crippen LogP contribution in [0.4, 0.5) is 0 Å². The summed E-state index contributed by atoms with van der Waals surface area (Å²) in [5.74, 6) is -2.76. The van der Waals surface area contributed by atoms with Crippen LogP contribution in [-0.4, -0.2) is 66.1 Å². The first-order valence-electron chi connectivity index (χ1n) is 9.83. The zero-order chi connectivity index (χ0) is 21.6. The molecule has 1 fully saturated rings. The molecule has 0 bridgehead atoms. The van der Waals surface area contributed by atoms with E-state index in [0.717, 1.165) is 36.8 Å². The normalized spacial score (nSPS) is 15.3. The van der Waals surface area contributed by atoms with Gasteiger partial charge in [-0.25, -0.2) is 9.59 Å². The van der Waals surface area contributed by atoms with Gasteiger partial charge in [0.05, 0.1) is 18.9 Å². The number of nitrogens with zero attached hydrogens (tertiary/aromatic N) is 2. The summed E-state index contributed by atoms with van der Waals surface area (Å²) in [6, 6.07) is 8.40. The first-order chi connectivity index (χ1) is 13.9. The quantitative estimate of drug-likeness (QED) is 0.295. The lowest BCUT2D eigenvalue weighted by Crippen LogP contribution is -2.35. The topological polar surface area (TPSA) is 109 Å². The number of piperidine rings is 1. The number of oxime groups is 1. The number of rotatable bonds is 8. The first-order valence-corrected chi connectivity index (χ1v) is 9.83. The van der Waals surface area contributed by atoms with Gasteiger partial charge in [-0.1, -0.05) is 43.3 Å². The molecule has 1 aromatic rings. The van der Waals surface area contributed by atoms with Crippen molar-refractivity contribution in [2.45, 2.75) is 39.7 Å². The Morgan fingerprint density at radius 1 is 1.14 bits per heavy atom. The summed E-state index contributed by atoms with van der Waals surface area (Å²) in [4.78, 5) is 25.6. The van der Waals surface area contributed by atoms with Gasteiger partial charge in [-0.15, -0.1) is 0 Å². The fourth-order valence-electron chi connectivity index (χ4n) is 2.89. The number of carboxylic acids is 2. The van der Waals surface area contributed by atoms with Gasteiger partial charge in [0.25, 0.3) is 0 Å². The number of carbonyl (C=O) groups is 2. The van der Waals surface area contributed by atoms with Gasteiger partial charge in [0, 0.05) is 6.54 Å². The maximum atomic E-state index is 9.10. The first kappa shape index (κ1) is 24.6. The highest BCUT2D eigenvalue weighted by molar-refractivity contribution is 6.27. The predicted octanol–water partition coefficient (Wildman–Crippen LogP) is 2.85. The number of hydrogen-bond donors (Lipinski definition) is 2. The standard InChI is InChI=1S/C19H30N2O2.C2H2O4/c1-4-19(20-22-3)18-7-5-17(6-8-18)15-23-14-13-21-11-9-16(2)10-12-21;3-1(4)2(5)6/h5-8,16H,4,9-15H2,1-3H3;(H,3,4)(H,5,6)/b20-19-;. The van der Waals surface area contributed by atoms with Gasteiger partial charge in [0.1, 0.15) is 7.11 Å². The second-order valence-electron chi connectivity index (χ2n) is 6.96. The van der Waals surface area contributed by atoms with Crippen LogP contribution in [0.25, 0.3) is 0 Å². The summed E-state index contributed by atoms with van der Waals surface area (Å²) in [7, 11) is 1.58. The van der Waals surface area contributed by atoms with E-state index in [1.165, 1.54) is 31.5 Å². The van der Waals surface area contributed by atoms with Crippen LogP contribution in [0, 0.1) is 5.92 Å². The third-order valence-corrected chi connectivity index (χ3v) is 4.70. The summed E-state index contributed by atoms with van der Waals surface area (Å²) < 4.78 is 5.83. The van der Waals surface area contributed by atoms with Crippen molar-refractivity contribution in [1.82, 2.24) is 4.90 Å². The number of likely N-dealkylation sites (tertiary alicyclic amines) is 1. The van der Waals surface area contributed by atoms with Crippen LogP contribution in [0.15, 0.2) is 29.4 Å². The summed E-state index contributed by atoms with van der Waals surface area (Å²) >= 11 is 0. The number of aliphatic carboxylic acids is 2. The smallest absolute Gasteiger partial charge is 0.414 e. The molecule has 0 unspecified atom stereocenters. The minimum Gasteiger partial charge on any atom is -0.473 e. The maximum absolute atomic E-state index is 9.10. The SMILES string of the molecule is CC/C(=N/OC)c1ccc(COCCN2CCC(C)CC2)cc1.O=C(O)C(=O)O. The van der Waals surface area contributed by atoms with Gasteiger partial charge in [-0.05, 0) is 49.4 Å². The van der Waals surface area contributed by atoms with E-state index in [1.807, 2.05) is 0 Å². The molecule has 2 N–H and O–H groups in total.